The lowest BCUT2D eigenvalue weighted by molar-refractivity contribution is -0.124. The van der Waals surface area contributed by atoms with Crippen LogP contribution in [0.25, 0.3) is 0 Å². The highest BCUT2D eigenvalue weighted by Crippen LogP contribution is 2.19. The number of rotatable bonds is 11. The molecule has 1 atom stereocenters. The third-order valence-corrected chi connectivity index (χ3v) is 5.38. The molecule has 0 bridgehead atoms. The van der Waals surface area contributed by atoms with Crippen molar-refractivity contribution in [3.05, 3.63) is 56.7 Å². The van der Waals surface area contributed by atoms with Gasteiger partial charge < -0.3 is 16.0 Å². The smallest absolute Gasteiger partial charge is 0.330 e. The fourth-order valence-electron chi connectivity index (χ4n) is 3.80. The first kappa shape index (κ1) is 27.8. The Labute approximate surface area is 206 Å². The van der Waals surface area contributed by atoms with E-state index in [0.29, 0.717) is 6.54 Å². The van der Waals surface area contributed by atoms with E-state index in [1.807, 2.05) is 65.0 Å². The Kier molecular flexibility index (Phi) is 9.82. The van der Waals surface area contributed by atoms with Crippen molar-refractivity contribution in [1.82, 2.24) is 19.8 Å². The number of H-pyrrole nitrogens is 1. The minimum atomic E-state index is -0.710. The number of aromatic amines is 1. The molecule has 2 rings (SSSR count). The van der Waals surface area contributed by atoms with Crippen molar-refractivity contribution in [2.45, 2.75) is 47.2 Å². The van der Waals surface area contributed by atoms with Gasteiger partial charge in [-0.15, -0.1) is 0 Å². The van der Waals surface area contributed by atoms with E-state index in [9.17, 15) is 19.2 Å². The van der Waals surface area contributed by atoms with E-state index in [4.69, 9.17) is 5.73 Å². The molecule has 0 radical (unpaired) electrons. The molecule has 0 aliphatic carbocycles. The topological polar surface area (TPSA) is 134 Å². The first-order chi connectivity index (χ1) is 16.4. The number of hydrogen-bond acceptors (Lipinski definition) is 6. The highest BCUT2D eigenvalue weighted by molar-refractivity contribution is 5.97. The molecule has 0 fully saturated rings. The molecule has 1 aromatic carbocycles. The molecule has 10 nitrogen and oxygen atoms in total. The maximum absolute atomic E-state index is 13.3. The van der Waals surface area contributed by atoms with Gasteiger partial charge in [0.05, 0.1) is 19.1 Å². The molecule has 0 spiro atoms. The first-order valence-corrected chi connectivity index (χ1v) is 11.9. The molecule has 1 unspecified atom stereocenters. The molecule has 192 valence electrons. The molecule has 2 amide bonds. The Morgan fingerprint density at radius 3 is 2.23 bits per heavy atom. The predicted octanol–water partition coefficient (Wildman–Crippen LogP) is 1.57. The summed E-state index contributed by atoms with van der Waals surface area (Å²) in [6, 6.07) is 9.41. The molecule has 0 aliphatic heterocycles. The number of anilines is 2. The fourth-order valence-corrected chi connectivity index (χ4v) is 3.80. The predicted molar refractivity (Wildman–Crippen MR) is 138 cm³/mol. The van der Waals surface area contributed by atoms with E-state index in [0.717, 1.165) is 5.56 Å². The summed E-state index contributed by atoms with van der Waals surface area (Å²) in [5.74, 6) is -0.528. The minimum Gasteiger partial charge on any atom is -0.383 e. The van der Waals surface area contributed by atoms with Gasteiger partial charge in [-0.2, -0.15) is 0 Å². The summed E-state index contributed by atoms with van der Waals surface area (Å²) in [5.41, 5.74) is 5.86. The van der Waals surface area contributed by atoms with E-state index in [1.54, 1.807) is 11.9 Å². The Balaban J connectivity index is 2.19. The molecule has 1 heterocycles. The second-order valence-electron chi connectivity index (χ2n) is 9.77. The van der Waals surface area contributed by atoms with Crippen LogP contribution in [0.1, 0.15) is 46.2 Å². The van der Waals surface area contributed by atoms with Crippen LogP contribution in [0, 0.1) is 11.8 Å². The third-order valence-electron chi connectivity index (χ3n) is 5.38. The number of amides is 2. The van der Waals surface area contributed by atoms with Crippen molar-refractivity contribution in [1.29, 1.82) is 0 Å². The summed E-state index contributed by atoms with van der Waals surface area (Å²) in [5, 5.41) is 2.92. The van der Waals surface area contributed by atoms with Gasteiger partial charge in [0.2, 0.25) is 11.8 Å². The largest absolute Gasteiger partial charge is 0.383 e. The van der Waals surface area contributed by atoms with Crippen LogP contribution in [0.4, 0.5) is 11.5 Å². The van der Waals surface area contributed by atoms with Gasteiger partial charge in [-0.05, 0) is 31.4 Å². The van der Waals surface area contributed by atoms with E-state index in [-0.39, 0.29) is 54.9 Å². The van der Waals surface area contributed by atoms with E-state index in [1.165, 1.54) is 9.47 Å². The summed E-state index contributed by atoms with van der Waals surface area (Å²) >= 11 is 0. The monoisotopic (exact) mass is 486 g/mol. The maximum Gasteiger partial charge on any atom is 0.330 e. The van der Waals surface area contributed by atoms with Gasteiger partial charge in [0, 0.05) is 13.1 Å². The number of carbonyl (C=O) groups excluding carboxylic acids is 2. The molecule has 0 saturated heterocycles. The number of nitrogens with one attached hydrogen (secondary N) is 2. The van der Waals surface area contributed by atoms with Gasteiger partial charge in [0.1, 0.15) is 5.82 Å². The number of nitrogens with two attached hydrogens (primary N) is 1. The quantitative estimate of drug-likeness (QED) is 0.442. The minimum absolute atomic E-state index is 0.00286. The summed E-state index contributed by atoms with van der Waals surface area (Å²) in [6.07, 6.45) is 0. The van der Waals surface area contributed by atoms with Crippen LogP contribution in [0.2, 0.25) is 0 Å². The fraction of sp³-hybridized carbons (Fsp3) is 0.520. The summed E-state index contributed by atoms with van der Waals surface area (Å²) in [4.78, 5) is 56.1. The number of benzene rings is 1. The molecule has 4 N–H and O–H groups in total. The number of carbonyl (C=O) groups is 2. The van der Waals surface area contributed by atoms with Gasteiger partial charge in [0.15, 0.2) is 5.69 Å². The third kappa shape index (κ3) is 7.81. The van der Waals surface area contributed by atoms with Crippen molar-refractivity contribution in [3.8, 4) is 0 Å². The van der Waals surface area contributed by atoms with Crippen molar-refractivity contribution < 1.29 is 9.59 Å². The number of aromatic nitrogens is 2. The van der Waals surface area contributed by atoms with Crippen LogP contribution in [0.5, 0.6) is 0 Å². The van der Waals surface area contributed by atoms with Crippen LogP contribution in [-0.2, 0) is 16.1 Å². The lowest BCUT2D eigenvalue weighted by Gasteiger charge is -2.28. The molecule has 10 heteroatoms. The Morgan fingerprint density at radius 2 is 1.66 bits per heavy atom. The molecular formula is C25H38N6O4. The van der Waals surface area contributed by atoms with E-state index < -0.39 is 17.2 Å². The molecule has 35 heavy (non-hydrogen) atoms. The SMILES string of the molecule is CC(C)CN(C(=O)CN(C)CC(=O)NC(C)c1ccccc1)c1c(N)n(CC(C)C)c(=O)[nH]c1=O. The van der Waals surface area contributed by atoms with Crippen molar-refractivity contribution >= 4 is 23.3 Å². The summed E-state index contributed by atoms with van der Waals surface area (Å²) in [7, 11) is 1.66. The average molecular weight is 487 g/mol. The van der Waals surface area contributed by atoms with Crippen LogP contribution in [0.3, 0.4) is 0 Å². The second kappa shape index (κ2) is 12.3. The lowest BCUT2D eigenvalue weighted by Crippen LogP contribution is -2.47. The van der Waals surface area contributed by atoms with Crippen molar-refractivity contribution in [2.75, 3.05) is 37.3 Å². The van der Waals surface area contributed by atoms with E-state index in [2.05, 4.69) is 10.3 Å². The number of hydrogen-bond donors (Lipinski definition) is 3. The van der Waals surface area contributed by atoms with Crippen LogP contribution in [-0.4, -0.2) is 52.9 Å². The molecule has 1 aromatic heterocycles. The van der Waals surface area contributed by atoms with Gasteiger partial charge >= 0.3 is 5.69 Å². The molecule has 0 saturated carbocycles. The molecular weight excluding hydrogens is 448 g/mol. The number of likely N-dealkylation sites (N-methyl/N-ethyl adjacent to an activating group) is 1. The molecule has 2 aromatic rings. The van der Waals surface area contributed by atoms with Gasteiger partial charge in [-0.25, -0.2) is 4.79 Å². The zero-order valence-corrected chi connectivity index (χ0v) is 21.5. The molecule has 0 aliphatic rings. The first-order valence-electron chi connectivity index (χ1n) is 11.9. The zero-order valence-electron chi connectivity index (χ0n) is 21.5. The lowest BCUT2D eigenvalue weighted by atomic mass is 10.1. The Morgan fingerprint density at radius 1 is 1.03 bits per heavy atom. The normalized spacial score (nSPS) is 12.3. The summed E-state index contributed by atoms with van der Waals surface area (Å²) in [6.45, 7) is 9.99. The highest BCUT2D eigenvalue weighted by atomic mass is 16.2. The average Bonchev–Trinajstić information content (AvgIpc) is 2.75. The van der Waals surface area contributed by atoms with Crippen molar-refractivity contribution in [2.24, 2.45) is 11.8 Å². The van der Waals surface area contributed by atoms with E-state index >= 15 is 0 Å². The standard InChI is InChI=1S/C25H38N6O4/c1-16(2)12-30(22-23(26)31(13-17(3)4)25(35)28-24(22)34)21(33)15-29(6)14-20(32)27-18(5)19-10-8-7-9-11-19/h7-11,16-18H,12-15,26H2,1-6H3,(H,27,32)(H,28,34,35). The van der Waals surface area contributed by atoms with Gasteiger partial charge in [0.25, 0.3) is 5.56 Å². The van der Waals surface area contributed by atoms with Crippen LogP contribution in [0.15, 0.2) is 39.9 Å². The van der Waals surface area contributed by atoms with Gasteiger partial charge in [-0.3, -0.25) is 28.8 Å². The number of nitrogen functional groups attached to an aromatic ring is 1. The number of nitrogens with zero attached hydrogens (tertiary/aromatic N) is 3. The highest BCUT2D eigenvalue weighted by Gasteiger charge is 2.26. The van der Waals surface area contributed by atoms with Crippen LogP contribution < -0.4 is 27.2 Å². The maximum atomic E-state index is 13.3. The second-order valence-corrected chi connectivity index (χ2v) is 9.77. The van der Waals surface area contributed by atoms with Crippen LogP contribution >= 0.6 is 0 Å². The Bertz CT molecular complexity index is 1120. The summed E-state index contributed by atoms with van der Waals surface area (Å²) < 4.78 is 1.28. The zero-order chi connectivity index (χ0) is 26.3. The Hall–Kier alpha value is -3.40. The van der Waals surface area contributed by atoms with Gasteiger partial charge in [-0.1, -0.05) is 58.0 Å². The van der Waals surface area contributed by atoms with Crippen molar-refractivity contribution in [3.63, 3.8) is 0 Å².